The summed E-state index contributed by atoms with van der Waals surface area (Å²) in [6.45, 7) is 4.05. The van der Waals surface area contributed by atoms with E-state index < -0.39 is 17.7 Å². The molecule has 0 radical (unpaired) electrons. The summed E-state index contributed by atoms with van der Waals surface area (Å²) in [5, 5.41) is 6.84. The fourth-order valence-corrected chi connectivity index (χ4v) is 3.88. The highest BCUT2D eigenvalue weighted by atomic mass is 35.5. The number of amides is 3. The van der Waals surface area contributed by atoms with Gasteiger partial charge < -0.3 is 15.4 Å². The van der Waals surface area contributed by atoms with Gasteiger partial charge in [0.1, 0.15) is 11.4 Å². The lowest BCUT2D eigenvalue weighted by molar-refractivity contribution is -0.133. The fraction of sp³-hybridized carbons (Fsp3) is 0.115. The van der Waals surface area contributed by atoms with Crippen molar-refractivity contribution in [3.63, 3.8) is 0 Å². The van der Waals surface area contributed by atoms with Gasteiger partial charge in [-0.15, -0.1) is 0 Å². The molecule has 0 atom stereocenters. The van der Waals surface area contributed by atoms with E-state index in [1.807, 2.05) is 13.8 Å². The zero-order valence-electron chi connectivity index (χ0n) is 19.4. The first-order valence-corrected chi connectivity index (χ1v) is 11.7. The van der Waals surface area contributed by atoms with Crippen LogP contribution in [0.1, 0.15) is 23.0 Å². The lowest BCUT2D eigenvalue weighted by atomic mass is 10.2. The van der Waals surface area contributed by atoms with Crippen LogP contribution in [0, 0.1) is 6.92 Å². The second kappa shape index (κ2) is 10.7. The molecule has 0 fully saturated rings. The van der Waals surface area contributed by atoms with Crippen LogP contribution in [-0.2, 0) is 9.59 Å². The normalized spacial score (nSPS) is 10.7. The number of carbonyl (C=O) groups is 3. The van der Waals surface area contributed by atoms with Crippen molar-refractivity contribution in [2.24, 2.45) is 0 Å². The molecule has 0 aliphatic heterocycles. The van der Waals surface area contributed by atoms with Crippen molar-refractivity contribution < 1.29 is 19.1 Å². The first-order chi connectivity index (χ1) is 17.3. The summed E-state index contributed by atoms with van der Waals surface area (Å²) in [4.78, 5) is 38.7. The van der Waals surface area contributed by atoms with Crippen LogP contribution in [-0.4, -0.2) is 29.0 Å². The second-order valence-corrected chi connectivity index (χ2v) is 8.65. The number of nitrogens with one attached hydrogen (secondary N) is 3. The van der Waals surface area contributed by atoms with Gasteiger partial charge in [-0.1, -0.05) is 41.4 Å². The molecule has 0 saturated heterocycles. The molecular weight excluding hydrogens is 503 g/mol. The summed E-state index contributed by atoms with van der Waals surface area (Å²) in [7, 11) is 0. The minimum absolute atomic E-state index is 0.0832. The molecule has 3 aromatic carbocycles. The fourth-order valence-electron chi connectivity index (χ4n) is 3.52. The van der Waals surface area contributed by atoms with E-state index in [0.29, 0.717) is 44.7 Å². The summed E-state index contributed by atoms with van der Waals surface area (Å²) >= 11 is 12.3. The van der Waals surface area contributed by atoms with Crippen LogP contribution in [0.2, 0.25) is 10.0 Å². The van der Waals surface area contributed by atoms with Gasteiger partial charge in [0.2, 0.25) is 0 Å². The van der Waals surface area contributed by atoms with E-state index in [0.717, 1.165) is 5.56 Å². The topological polar surface area (TPSA) is 101 Å². The minimum atomic E-state index is -0.985. The quantitative estimate of drug-likeness (QED) is 0.285. The maximum Gasteiger partial charge on any atom is 0.328 e. The SMILES string of the molecule is CCOc1ccccc1NC(=O)C(=O)Nn1c(C(=O)Nc2ccc(C)c(Cl)c2)cc2cc(Cl)ccc21. The van der Waals surface area contributed by atoms with Crippen LogP contribution < -0.4 is 20.8 Å². The monoisotopic (exact) mass is 524 g/mol. The van der Waals surface area contributed by atoms with Gasteiger partial charge in [0, 0.05) is 21.1 Å². The summed E-state index contributed by atoms with van der Waals surface area (Å²) in [5.74, 6) is -2.01. The molecule has 0 unspecified atom stereocenters. The van der Waals surface area contributed by atoms with Crippen molar-refractivity contribution in [1.29, 1.82) is 0 Å². The Bertz CT molecular complexity index is 1480. The molecule has 10 heteroatoms. The Morgan fingerprint density at radius 1 is 0.917 bits per heavy atom. The Morgan fingerprint density at radius 2 is 1.69 bits per heavy atom. The molecule has 3 amide bonds. The molecule has 8 nitrogen and oxygen atoms in total. The van der Waals surface area contributed by atoms with Gasteiger partial charge in [-0.05, 0) is 67.9 Å². The van der Waals surface area contributed by atoms with Crippen molar-refractivity contribution >= 4 is 63.2 Å². The zero-order chi connectivity index (χ0) is 25.8. The van der Waals surface area contributed by atoms with Gasteiger partial charge in [0.25, 0.3) is 5.91 Å². The van der Waals surface area contributed by atoms with E-state index in [1.165, 1.54) is 4.68 Å². The third kappa shape index (κ3) is 5.45. The van der Waals surface area contributed by atoms with Crippen LogP contribution in [0.15, 0.2) is 66.7 Å². The van der Waals surface area contributed by atoms with Gasteiger partial charge in [-0.2, -0.15) is 0 Å². The van der Waals surface area contributed by atoms with Crippen molar-refractivity contribution in [2.45, 2.75) is 13.8 Å². The van der Waals surface area contributed by atoms with Gasteiger partial charge in [-0.25, -0.2) is 4.68 Å². The van der Waals surface area contributed by atoms with E-state index in [4.69, 9.17) is 27.9 Å². The molecule has 184 valence electrons. The first-order valence-electron chi connectivity index (χ1n) is 11.0. The number of ether oxygens (including phenoxy) is 1. The van der Waals surface area contributed by atoms with E-state index in [9.17, 15) is 14.4 Å². The summed E-state index contributed by atoms with van der Waals surface area (Å²) in [6.07, 6.45) is 0. The smallest absolute Gasteiger partial charge is 0.328 e. The van der Waals surface area contributed by atoms with E-state index >= 15 is 0 Å². The minimum Gasteiger partial charge on any atom is -0.492 e. The van der Waals surface area contributed by atoms with Gasteiger partial charge >= 0.3 is 11.8 Å². The third-order valence-corrected chi connectivity index (χ3v) is 5.92. The average molecular weight is 525 g/mol. The number of hydrogen-bond acceptors (Lipinski definition) is 4. The predicted octanol–water partition coefficient (Wildman–Crippen LogP) is 5.62. The Kier molecular flexibility index (Phi) is 7.47. The summed E-state index contributed by atoms with van der Waals surface area (Å²) < 4.78 is 6.73. The standard InChI is InChI=1S/C26H22Cl2N4O4/c1-3-36-23-7-5-4-6-20(23)30-25(34)26(35)31-32-21-11-9-17(27)12-16(21)13-22(32)24(33)29-18-10-8-15(2)19(28)14-18/h4-14H,3H2,1-2H3,(H,29,33)(H,30,34)(H,31,35). The molecule has 0 spiro atoms. The van der Waals surface area contributed by atoms with Crippen LogP contribution in [0.4, 0.5) is 11.4 Å². The van der Waals surface area contributed by atoms with Gasteiger partial charge in [0.05, 0.1) is 17.8 Å². The lowest BCUT2D eigenvalue weighted by Gasteiger charge is -2.14. The third-order valence-electron chi connectivity index (χ3n) is 5.28. The predicted molar refractivity (Wildman–Crippen MR) is 142 cm³/mol. The number of carbonyl (C=O) groups excluding carboxylic acids is 3. The molecule has 3 N–H and O–H groups in total. The highest BCUT2D eigenvalue weighted by Crippen LogP contribution is 2.26. The highest BCUT2D eigenvalue weighted by Gasteiger charge is 2.22. The van der Waals surface area contributed by atoms with Crippen LogP contribution in [0.5, 0.6) is 5.75 Å². The molecule has 1 heterocycles. The van der Waals surface area contributed by atoms with Crippen molar-refractivity contribution in [3.05, 3.63) is 88.0 Å². The molecule has 0 bridgehead atoms. The van der Waals surface area contributed by atoms with E-state index in [1.54, 1.807) is 66.7 Å². The zero-order valence-corrected chi connectivity index (χ0v) is 20.9. The number of hydrogen-bond donors (Lipinski definition) is 3. The molecular formula is C26H22Cl2N4O4. The van der Waals surface area contributed by atoms with Crippen LogP contribution in [0.3, 0.4) is 0 Å². The molecule has 1 aromatic heterocycles. The molecule has 4 aromatic rings. The van der Waals surface area contributed by atoms with E-state index in [-0.39, 0.29) is 5.69 Å². The maximum absolute atomic E-state index is 13.2. The van der Waals surface area contributed by atoms with Crippen LogP contribution >= 0.6 is 23.2 Å². The molecule has 0 aliphatic rings. The largest absolute Gasteiger partial charge is 0.492 e. The second-order valence-electron chi connectivity index (χ2n) is 7.81. The number of fused-ring (bicyclic) bond motifs is 1. The van der Waals surface area contributed by atoms with Gasteiger partial charge in [-0.3, -0.25) is 19.8 Å². The first kappa shape index (κ1) is 25.1. The van der Waals surface area contributed by atoms with Crippen molar-refractivity contribution in [1.82, 2.24) is 4.68 Å². The molecule has 0 aliphatic carbocycles. The Labute approximate surface area is 217 Å². The number of benzene rings is 3. The van der Waals surface area contributed by atoms with Gasteiger partial charge in [0.15, 0.2) is 0 Å². The average Bonchev–Trinajstić information content (AvgIpc) is 3.20. The number of halogens is 2. The number of rotatable bonds is 6. The number of nitrogens with zero attached hydrogens (tertiary/aromatic N) is 1. The van der Waals surface area contributed by atoms with E-state index in [2.05, 4.69) is 16.1 Å². The number of aromatic nitrogens is 1. The summed E-state index contributed by atoms with van der Waals surface area (Å²) in [5.41, 5.74) is 4.75. The number of aryl methyl sites for hydroxylation is 1. The molecule has 0 saturated carbocycles. The Morgan fingerprint density at radius 3 is 2.44 bits per heavy atom. The molecule has 36 heavy (non-hydrogen) atoms. The van der Waals surface area contributed by atoms with Crippen LogP contribution in [0.25, 0.3) is 10.9 Å². The lowest BCUT2D eigenvalue weighted by Crippen LogP contribution is -2.36. The number of anilines is 2. The van der Waals surface area contributed by atoms with Crippen molar-refractivity contribution in [3.8, 4) is 5.75 Å². The maximum atomic E-state index is 13.2. The van der Waals surface area contributed by atoms with Crippen molar-refractivity contribution in [2.75, 3.05) is 22.7 Å². The molecule has 4 rings (SSSR count). The number of para-hydroxylation sites is 2. The Hall–Kier alpha value is -4.01. The summed E-state index contributed by atoms with van der Waals surface area (Å²) in [6, 6.07) is 18.3. The Balaban J connectivity index is 1.62. The highest BCUT2D eigenvalue weighted by molar-refractivity contribution is 6.42.